The van der Waals surface area contributed by atoms with E-state index in [1.165, 1.54) is 0 Å². The van der Waals surface area contributed by atoms with Crippen LogP contribution in [0.2, 0.25) is 0 Å². The van der Waals surface area contributed by atoms with Crippen LogP contribution in [0.25, 0.3) is 0 Å². The molecule has 1 aliphatic heterocycles. The quantitative estimate of drug-likeness (QED) is 0.686. The van der Waals surface area contributed by atoms with Gasteiger partial charge in [-0.2, -0.15) is 0 Å². The van der Waals surface area contributed by atoms with Crippen molar-refractivity contribution in [2.75, 3.05) is 26.2 Å². The van der Waals surface area contributed by atoms with Gasteiger partial charge in [0.1, 0.15) is 0 Å². The number of rotatable bonds is 3. The minimum atomic E-state index is 0.101. The lowest BCUT2D eigenvalue weighted by atomic mass is 10.2. The standard InChI is InChI=1S/C12H15N3O2/c16-10-14-4-6-15(7-5-14)12(17)8-11-2-1-3-13-9-11/h1-3,9-10H,4-8H2. The molecule has 5 nitrogen and oxygen atoms in total. The summed E-state index contributed by atoms with van der Waals surface area (Å²) < 4.78 is 0. The average Bonchev–Trinajstić information content (AvgIpc) is 2.40. The number of carbonyl (C=O) groups is 2. The van der Waals surface area contributed by atoms with Crippen LogP contribution in [0.5, 0.6) is 0 Å². The van der Waals surface area contributed by atoms with Crippen LogP contribution in [0.1, 0.15) is 5.56 Å². The number of carbonyl (C=O) groups excluding carboxylic acids is 2. The molecule has 2 heterocycles. The molecule has 0 unspecified atom stereocenters. The lowest BCUT2D eigenvalue weighted by molar-refractivity contribution is -0.134. The van der Waals surface area contributed by atoms with E-state index in [4.69, 9.17) is 0 Å². The number of pyridine rings is 1. The molecular weight excluding hydrogens is 218 g/mol. The molecule has 5 heteroatoms. The Morgan fingerprint density at radius 1 is 1.35 bits per heavy atom. The van der Waals surface area contributed by atoms with Crippen LogP contribution in [0.4, 0.5) is 0 Å². The van der Waals surface area contributed by atoms with Crippen LogP contribution >= 0.6 is 0 Å². The normalized spacial score (nSPS) is 15.8. The van der Waals surface area contributed by atoms with Crippen LogP contribution in [-0.4, -0.2) is 53.3 Å². The molecule has 1 aromatic heterocycles. The molecule has 17 heavy (non-hydrogen) atoms. The van der Waals surface area contributed by atoms with Gasteiger partial charge in [-0.3, -0.25) is 14.6 Å². The van der Waals surface area contributed by atoms with E-state index in [1.807, 2.05) is 12.1 Å². The third kappa shape index (κ3) is 3.03. The fraction of sp³-hybridized carbons (Fsp3) is 0.417. The smallest absolute Gasteiger partial charge is 0.227 e. The summed E-state index contributed by atoms with van der Waals surface area (Å²) in [7, 11) is 0. The Balaban J connectivity index is 1.87. The first kappa shape index (κ1) is 11.6. The fourth-order valence-corrected chi connectivity index (χ4v) is 1.87. The summed E-state index contributed by atoms with van der Waals surface area (Å²) in [6, 6.07) is 3.72. The highest BCUT2D eigenvalue weighted by atomic mass is 16.2. The van der Waals surface area contributed by atoms with Crippen molar-refractivity contribution in [2.45, 2.75) is 6.42 Å². The molecule has 0 spiro atoms. The molecule has 1 fully saturated rings. The molecule has 2 amide bonds. The van der Waals surface area contributed by atoms with E-state index in [1.54, 1.807) is 22.2 Å². The third-order valence-corrected chi connectivity index (χ3v) is 2.89. The molecule has 0 bridgehead atoms. The third-order valence-electron chi connectivity index (χ3n) is 2.89. The summed E-state index contributed by atoms with van der Waals surface area (Å²) in [5, 5.41) is 0. The van der Waals surface area contributed by atoms with E-state index in [0.717, 1.165) is 12.0 Å². The zero-order valence-corrected chi connectivity index (χ0v) is 9.58. The van der Waals surface area contributed by atoms with Gasteiger partial charge in [0.05, 0.1) is 6.42 Å². The fourth-order valence-electron chi connectivity index (χ4n) is 1.87. The van der Waals surface area contributed by atoms with Gasteiger partial charge in [-0.25, -0.2) is 0 Å². The van der Waals surface area contributed by atoms with Crippen LogP contribution in [0, 0.1) is 0 Å². The van der Waals surface area contributed by atoms with Crippen molar-refractivity contribution in [1.29, 1.82) is 0 Å². The Morgan fingerprint density at radius 2 is 2.12 bits per heavy atom. The second kappa shape index (κ2) is 5.43. The highest BCUT2D eigenvalue weighted by molar-refractivity contribution is 5.78. The van der Waals surface area contributed by atoms with Gasteiger partial charge in [-0.15, -0.1) is 0 Å². The molecule has 1 aromatic rings. The molecule has 1 saturated heterocycles. The first-order valence-electron chi connectivity index (χ1n) is 5.65. The van der Waals surface area contributed by atoms with Gasteiger partial charge in [0.15, 0.2) is 0 Å². The second-order valence-electron chi connectivity index (χ2n) is 4.06. The van der Waals surface area contributed by atoms with E-state index in [-0.39, 0.29) is 5.91 Å². The maximum absolute atomic E-state index is 12.0. The van der Waals surface area contributed by atoms with Gasteiger partial charge < -0.3 is 9.80 Å². The van der Waals surface area contributed by atoms with E-state index in [0.29, 0.717) is 32.6 Å². The molecule has 0 aromatic carbocycles. The summed E-state index contributed by atoms with van der Waals surface area (Å²) in [6.07, 6.45) is 4.62. The van der Waals surface area contributed by atoms with Gasteiger partial charge >= 0.3 is 0 Å². The van der Waals surface area contributed by atoms with Crippen molar-refractivity contribution in [3.8, 4) is 0 Å². The number of aromatic nitrogens is 1. The van der Waals surface area contributed by atoms with Crippen molar-refractivity contribution in [1.82, 2.24) is 14.8 Å². The molecule has 2 rings (SSSR count). The SMILES string of the molecule is O=CN1CCN(C(=O)Cc2cccnc2)CC1. The maximum Gasteiger partial charge on any atom is 0.227 e. The first-order valence-corrected chi connectivity index (χ1v) is 5.65. The van der Waals surface area contributed by atoms with Crippen LogP contribution in [0.15, 0.2) is 24.5 Å². The summed E-state index contributed by atoms with van der Waals surface area (Å²) in [6.45, 7) is 2.50. The van der Waals surface area contributed by atoms with Gasteiger partial charge in [0.25, 0.3) is 0 Å². The number of piperazine rings is 1. The average molecular weight is 233 g/mol. The van der Waals surface area contributed by atoms with Crippen LogP contribution in [0.3, 0.4) is 0 Å². The van der Waals surface area contributed by atoms with E-state index in [9.17, 15) is 9.59 Å². The topological polar surface area (TPSA) is 53.5 Å². The monoisotopic (exact) mass is 233 g/mol. The lowest BCUT2D eigenvalue weighted by Gasteiger charge is -2.32. The van der Waals surface area contributed by atoms with Crippen molar-refractivity contribution >= 4 is 12.3 Å². The van der Waals surface area contributed by atoms with Gasteiger partial charge in [0, 0.05) is 38.6 Å². The highest BCUT2D eigenvalue weighted by Crippen LogP contribution is 2.04. The maximum atomic E-state index is 12.0. The van der Waals surface area contributed by atoms with Crippen LogP contribution in [-0.2, 0) is 16.0 Å². The van der Waals surface area contributed by atoms with E-state index < -0.39 is 0 Å². The number of amides is 2. The minimum Gasteiger partial charge on any atom is -0.342 e. The molecule has 0 N–H and O–H groups in total. The molecular formula is C12H15N3O2. The summed E-state index contributed by atoms with van der Waals surface area (Å²) in [5.74, 6) is 0.101. The van der Waals surface area contributed by atoms with Crippen molar-refractivity contribution in [3.05, 3.63) is 30.1 Å². The first-order chi connectivity index (χ1) is 8.29. The summed E-state index contributed by atoms with van der Waals surface area (Å²) in [5.41, 5.74) is 0.926. The Bertz CT molecular complexity index is 386. The van der Waals surface area contributed by atoms with Crippen LogP contribution < -0.4 is 0 Å². The zero-order valence-electron chi connectivity index (χ0n) is 9.58. The Hall–Kier alpha value is -1.91. The Morgan fingerprint density at radius 3 is 2.71 bits per heavy atom. The summed E-state index contributed by atoms with van der Waals surface area (Å²) in [4.78, 5) is 30.0. The lowest BCUT2D eigenvalue weighted by Crippen LogP contribution is -2.48. The molecule has 1 aliphatic rings. The number of hydrogen-bond donors (Lipinski definition) is 0. The van der Waals surface area contributed by atoms with E-state index >= 15 is 0 Å². The van der Waals surface area contributed by atoms with E-state index in [2.05, 4.69) is 4.98 Å². The molecule has 0 aliphatic carbocycles. The molecule has 0 saturated carbocycles. The largest absolute Gasteiger partial charge is 0.342 e. The number of nitrogens with zero attached hydrogens (tertiary/aromatic N) is 3. The van der Waals surface area contributed by atoms with Crippen molar-refractivity contribution in [2.24, 2.45) is 0 Å². The molecule has 90 valence electrons. The molecule has 0 radical (unpaired) electrons. The highest BCUT2D eigenvalue weighted by Gasteiger charge is 2.19. The van der Waals surface area contributed by atoms with Crippen molar-refractivity contribution < 1.29 is 9.59 Å². The predicted octanol–water partition coefficient (Wildman–Crippen LogP) is -0.0753. The Labute approximate surface area is 100 Å². The predicted molar refractivity (Wildman–Crippen MR) is 62.2 cm³/mol. The Kier molecular flexibility index (Phi) is 3.69. The second-order valence-corrected chi connectivity index (χ2v) is 4.06. The molecule has 0 atom stereocenters. The van der Waals surface area contributed by atoms with Gasteiger partial charge in [-0.05, 0) is 11.6 Å². The minimum absolute atomic E-state index is 0.101. The van der Waals surface area contributed by atoms with Gasteiger partial charge in [0.2, 0.25) is 12.3 Å². The van der Waals surface area contributed by atoms with Gasteiger partial charge in [-0.1, -0.05) is 6.07 Å². The number of hydrogen-bond acceptors (Lipinski definition) is 3. The summed E-state index contributed by atoms with van der Waals surface area (Å²) >= 11 is 0. The van der Waals surface area contributed by atoms with Crippen molar-refractivity contribution in [3.63, 3.8) is 0 Å². The zero-order chi connectivity index (χ0) is 12.1.